The van der Waals surface area contributed by atoms with Crippen molar-refractivity contribution >= 4 is 38.8 Å². The summed E-state index contributed by atoms with van der Waals surface area (Å²) >= 11 is 0. The van der Waals surface area contributed by atoms with Crippen LogP contribution in [-0.4, -0.2) is 52.7 Å². The lowest BCUT2D eigenvalue weighted by Crippen LogP contribution is -2.36. The van der Waals surface area contributed by atoms with Gasteiger partial charge < -0.3 is 26.0 Å². The first-order valence-electron chi connectivity index (χ1n) is 11.6. The minimum atomic E-state index is -3.55. The zero-order valence-electron chi connectivity index (χ0n) is 20.0. The molecule has 1 aliphatic heterocycles. The van der Waals surface area contributed by atoms with Crippen LogP contribution in [-0.2, 0) is 32.5 Å². The highest BCUT2D eigenvalue weighted by Crippen LogP contribution is 2.25. The first-order chi connectivity index (χ1) is 17.3. The van der Waals surface area contributed by atoms with E-state index in [9.17, 15) is 13.2 Å². The van der Waals surface area contributed by atoms with Crippen molar-refractivity contribution in [3.8, 4) is 0 Å². The van der Waals surface area contributed by atoms with E-state index in [-0.39, 0.29) is 11.3 Å². The Kier molecular flexibility index (Phi) is 8.04. The highest BCUT2D eigenvalue weighted by molar-refractivity contribution is 7.89. The quantitative estimate of drug-likeness (QED) is 0.326. The van der Waals surface area contributed by atoms with Crippen LogP contribution in [0.15, 0.2) is 65.7 Å². The van der Waals surface area contributed by atoms with Crippen molar-refractivity contribution < 1.29 is 17.9 Å². The lowest BCUT2D eigenvalue weighted by atomic mass is 10.1. The number of nitrogens with two attached hydrogens (primary N) is 1. The summed E-state index contributed by atoms with van der Waals surface area (Å²) in [6, 6.07) is 16.5. The minimum absolute atomic E-state index is 0.0258. The van der Waals surface area contributed by atoms with Crippen molar-refractivity contribution in [2.24, 2.45) is 5.73 Å². The average molecular weight is 511 g/mol. The molecule has 2 aromatic carbocycles. The molecule has 1 amide bonds. The van der Waals surface area contributed by atoms with Crippen molar-refractivity contribution in [3.05, 3.63) is 71.9 Å². The van der Waals surface area contributed by atoms with Crippen LogP contribution in [0.25, 0.3) is 0 Å². The fraction of sp³-hybridized carbons (Fsp3) is 0.280. The number of rotatable bonds is 10. The third-order valence-electron chi connectivity index (χ3n) is 5.83. The second kappa shape index (κ2) is 11.4. The number of pyridine rings is 1. The maximum atomic E-state index is 12.1. The molecule has 1 saturated heterocycles. The van der Waals surface area contributed by atoms with Crippen LogP contribution < -0.4 is 26.0 Å². The molecule has 0 atom stereocenters. The van der Waals surface area contributed by atoms with Crippen molar-refractivity contribution in [1.82, 2.24) is 9.71 Å². The fourth-order valence-corrected chi connectivity index (χ4v) is 4.71. The molecule has 1 aliphatic rings. The van der Waals surface area contributed by atoms with Crippen LogP contribution in [0, 0.1) is 0 Å². The Morgan fingerprint density at radius 1 is 1.11 bits per heavy atom. The van der Waals surface area contributed by atoms with Crippen LogP contribution in [0.4, 0.5) is 22.9 Å². The maximum Gasteiger partial charge on any atom is 0.240 e. The van der Waals surface area contributed by atoms with E-state index in [2.05, 4.69) is 37.4 Å². The summed E-state index contributed by atoms with van der Waals surface area (Å²) in [5, 5.41) is 6.58. The molecule has 3 aromatic rings. The topological polar surface area (TPSA) is 139 Å². The molecule has 0 bridgehead atoms. The van der Waals surface area contributed by atoms with Gasteiger partial charge in [-0.15, -0.1) is 0 Å². The minimum Gasteiger partial charge on any atom is -0.381 e. The number of primary amides is 1. The lowest BCUT2D eigenvalue weighted by Gasteiger charge is -2.28. The Labute approximate surface area is 210 Å². The SMILES string of the molecule is CNS(=O)(=O)c1cccc(CNc2cc(Nc3ccc(N4CCOCC4)cc3)ncc2CC(N)=O)c1. The molecule has 36 heavy (non-hydrogen) atoms. The highest BCUT2D eigenvalue weighted by atomic mass is 32.2. The van der Waals surface area contributed by atoms with Crippen molar-refractivity contribution in [1.29, 1.82) is 0 Å². The summed E-state index contributed by atoms with van der Waals surface area (Å²) in [5.74, 6) is 0.123. The zero-order valence-corrected chi connectivity index (χ0v) is 20.8. The molecule has 0 spiro atoms. The molecule has 4 rings (SSSR count). The molecule has 190 valence electrons. The van der Waals surface area contributed by atoms with Gasteiger partial charge in [-0.1, -0.05) is 12.1 Å². The Hall–Kier alpha value is -3.67. The van der Waals surface area contributed by atoms with Gasteiger partial charge in [-0.25, -0.2) is 18.1 Å². The van der Waals surface area contributed by atoms with Crippen LogP contribution in [0.2, 0.25) is 0 Å². The van der Waals surface area contributed by atoms with E-state index in [1.165, 1.54) is 13.1 Å². The van der Waals surface area contributed by atoms with Gasteiger partial charge in [-0.3, -0.25) is 4.79 Å². The molecule has 10 nitrogen and oxygen atoms in total. The van der Waals surface area contributed by atoms with Crippen LogP contribution >= 0.6 is 0 Å². The molecular formula is C25H30N6O4S. The van der Waals surface area contributed by atoms with E-state index < -0.39 is 15.9 Å². The van der Waals surface area contributed by atoms with E-state index in [1.54, 1.807) is 18.3 Å². The third kappa shape index (κ3) is 6.51. The molecule has 2 heterocycles. The number of carbonyl (C=O) groups excluding carboxylic acids is 1. The third-order valence-corrected chi connectivity index (χ3v) is 7.24. The van der Waals surface area contributed by atoms with Gasteiger partial charge in [0.1, 0.15) is 5.82 Å². The number of nitrogens with one attached hydrogen (secondary N) is 3. The first-order valence-corrected chi connectivity index (χ1v) is 13.1. The Morgan fingerprint density at radius 3 is 2.56 bits per heavy atom. The number of morpholine rings is 1. The first kappa shape index (κ1) is 25.4. The van der Waals surface area contributed by atoms with Crippen LogP contribution in [0.3, 0.4) is 0 Å². The summed E-state index contributed by atoms with van der Waals surface area (Å²) in [6.45, 7) is 3.54. The number of hydrogen-bond acceptors (Lipinski definition) is 8. The molecular weight excluding hydrogens is 480 g/mol. The number of nitrogens with zero attached hydrogens (tertiary/aromatic N) is 2. The number of anilines is 4. The summed E-state index contributed by atoms with van der Waals surface area (Å²) in [5.41, 5.74) is 9.53. The number of benzene rings is 2. The maximum absolute atomic E-state index is 12.1. The molecule has 0 saturated carbocycles. The van der Waals surface area contributed by atoms with Gasteiger partial charge in [0, 0.05) is 54.5 Å². The fourth-order valence-electron chi connectivity index (χ4n) is 3.91. The summed E-state index contributed by atoms with van der Waals surface area (Å²) in [4.78, 5) is 18.5. The molecule has 1 fully saturated rings. The van der Waals surface area contributed by atoms with Gasteiger partial charge in [0.15, 0.2) is 0 Å². The predicted molar refractivity (Wildman–Crippen MR) is 140 cm³/mol. The molecule has 5 N–H and O–H groups in total. The van der Waals surface area contributed by atoms with Crippen LogP contribution in [0.1, 0.15) is 11.1 Å². The van der Waals surface area contributed by atoms with E-state index in [1.807, 2.05) is 24.3 Å². The Morgan fingerprint density at radius 2 is 1.86 bits per heavy atom. The summed E-state index contributed by atoms with van der Waals surface area (Å²) in [6.07, 6.45) is 1.64. The van der Waals surface area contributed by atoms with Crippen molar-refractivity contribution in [2.75, 3.05) is 48.9 Å². The normalized spacial score (nSPS) is 13.9. The van der Waals surface area contributed by atoms with E-state index in [4.69, 9.17) is 10.5 Å². The highest BCUT2D eigenvalue weighted by Gasteiger charge is 2.13. The average Bonchev–Trinajstić information content (AvgIpc) is 2.89. The van der Waals surface area contributed by atoms with Gasteiger partial charge in [0.2, 0.25) is 15.9 Å². The van der Waals surface area contributed by atoms with Crippen LogP contribution in [0.5, 0.6) is 0 Å². The second-order valence-electron chi connectivity index (χ2n) is 8.35. The van der Waals surface area contributed by atoms with E-state index in [0.717, 1.165) is 43.2 Å². The smallest absolute Gasteiger partial charge is 0.240 e. The van der Waals surface area contributed by atoms with E-state index in [0.29, 0.717) is 23.6 Å². The largest absolute Gasteiger partial charge is 0.381 e. The van der Waals surface area contributed by atoms with E-state index >= 15 is 0 Å². The number of ether oxygens (including phenoxy) is 1. The number of amides is 1. The second-order valence-corrected chi connectivity index (χ2v) is 10.2. The Balaban J connectivity index is 1.50. The van der Waals surface area contributed by atoms with Gasteiger partial charge in [0.25, 0.3) is 0 Å². The molecule has 0 unspecified atom stereocenters. The van der Waals surface area contributed by atoms with Crippen molar-refractivity contribution in [3.63, 3.8) is 0 Å². The summed E-state index contributed by atoms with van der Waals surface area (Å²) in [7, 11) is -2.17. The van der Waals surface area contributed by atoms with Gasteiger partial charge >= 0.3 is 0 Å². The predicted octanol–water partition coefficient (Wildman–Crippen LogP) is 2.21. The van der Waals surface area contributed by atoms with Crippen molar-refractivity contribution in [2.45, 2.75) is 17.9 Å². The monoisotopic (exact) mass is 510 g/mol. The number of carbonyl (C=O) groups is 1. The zero-order chi connectivity index (χ0) is 25.5. The molecule has 1 aromatic heterocycles. The van der Waals surface area contributed by atoms with Gasteiger partial charge in [-0.05, 0) is 49.0 Å². The Bertz CT molecular complexity index is 1310. The number of hydrogen-bond donors (Lipinski definition) is 4. The standard InChI is InChI=1S/C25H30N6O4S/c1-27-36(33,34)22-4-2-3-18(13-22)16-28-23-15-25(29-17-19(23)14-24(26)32)30-20-5-7-21(8-6-20)31-9-11-35-12-10-31/h2-8,13,15,17,27H,9-12,14,16H2,1H3,(H2,26,32)(H2,28,29,30). The van der Waals surface area contributed by atoms with Gasteiger partial charge in [0.05, 0.1) is 24.5 Å². The molecule has 0 radical (unpaired) electrons. The molecule has 11 heteroatoms. The lowest BCUT2D eigenvalue weighted by molar-refractivity contribution is -0.117. The molecule has 0 aliphatic carbocycles. The number of sulfonamides is 1. The van der Waals surface area contributed by atoms with Gasteiger partial charge in [-0.2, -0.15) is 0 Å². The summed E-state index contributed by atoms with van der Waals surface area (Å²) < 4.78 is 32.0. The number of aromatic nitrogens is 1.